The highest BCUT2D eigenvalue weighted by Crippen LogP contribution is 2.42. The Morgan fingerprint density at radius 1 is 0.545 bits per heavy atom. The molecule has 0 fully saturated rings. The molecule has 0 N–H and O–H groups in total. The maximum atomic E-state index is 3.00. The molecule has 0 saturated heterocycles. The lowest BCUT2D eigenvalue weighted by Gasteiger charge is -2.25. The lowest BCUT2D eigenvalue weighted by Crippen LogP contribution is -2.12. The Kier molecular flexibility index (Phi) is 11.5. The van der Waals surface area contributed by atoms with E-state index in [2.05, 4.69) is 69.3 Å². The molecular formula is C18H42P4. The van der Waals surface area contributed by atoms with Crippen molar-refractivity contribution in [2.75, 3.05) is 18.5 Å². The van der Waals surface area contributed by atoms with Crippen LogP contribution in [0.2, 0.25) is 0 Å². The van der Waals surface area contributed by atoms with Crippen molar-refractivity contribution >= 4 is 35.6 Å². The monoisotopic (exact) mass is 382 g/mol. The van der Waals surface area contributed by atoms with Crippen molar-refractivity contribution in [1.82, 2.24) is 0 Å². The Hall–Kier alpha value is 1.72. The molecule has 0 amide bonds. The molecule has 0 saturated carbocycles. The Bertz CT molecular complexity index is 233. The van der Waals surface area contributed by atoms with Crippen LogP contribution in [0, 0.1) is 0 Å². The van der Waals surface area contributed by atoms with Gasteiger partial charge in [0.1, 0.15) is 0 Å². The largest absolute Gasteiger partial charge is 0.132 e. The SMILES string of the molecule is CC(C)(P)CCCP(CCCC(C)(C)P)CCCC(C)(C)P. The molecule has 0 aliphatic carbocycles. The molecule has 0 nitrogen and oxygen atoms in total. The second kappa shape index (κ2) is 10.7. The molecule has 3 atom stereocenters. The molecule has 0 aromatic heterocycles. The molecule has 0 rings (SSSR count). The van der Waals surface area contributed by atoms with Gasteiger partial charge in [-0.3, -0.25) is 0 Å². The topological polar surface area (TPSA) is 0 Å². The van der Waals surface area contributed by atoms with E-state index in [4.69, 9.17) is 0 Å². The minimum atomic E-state index is 0.252. The van der Waals surface area contributed by atoms with Crippen LogP contribution in [0.25, 0.3) is 0 Å². The van der Waals surface area contributed by atoms with Gasteiger partial charge in [-0.1, -0.05) is 41.5 Å². The van der Waals surface area contributed by atoms with Crippen LogP contribution in [0.15, 0.2) is 0 Å². The molecule has 0 bridgehead atoms. The third kappa shape index (κ3) is 18.1. The fourth-order valence-electron chi connectivity index (χ4n) is 2.61. The van der Waals surface area contributed by atoms with E-state index in [1.54, 1.807) is 0 Å². The van der Waals surface area contributed by atoms with Crippen molar-refractivity contribution < 1.29 is 0 Å². The van der Waals surface area contributed by atoms with Crippen molar-refractivity contribution in [2.24, 2.45) is 0 Å². The summed E-state index contributed by atoms with van der Waals surface area (Å²) >= 11 is 0. The molecule has 22 heavy (non-hydrogen) atoms. The zero-order valence-corrected chi connectivity index (χ0v) is 20.4. The lowest BCUT2D eigenvalue weighted by atomic mass is 10.1. The molecule has 0 aromatic carbocycles. The highest BCUT2D eigenvalue weighted by Gasteiger charge is 2.17. The molecule has 134 valence electrons. The highest BCUT2D eigenvalue weighted by atomic mass is 31.1. The summed E-state index contributed by atoms with van der Waals surface area (Å²) in [4.78, 5) is 0. The Labute approximate surface area is 149 Å². The van der Waals surface area contributed by atoms with Crippen molar-refractivity contribution in [3.05, 3.63) is 0 Å². The molecule has 0 aliphatic heterocycles. The molecule has 3 unspecified atom stereocenters. The fourth-order valence-corrected chi connectivity index (χ4v) is 5.71. The predicted octanol–water partition coefficient (Wildman–Crippen LogP) is 6.77. The summed E-state index contributed by atoms with van der Waals surface area (Å²) in [6.07, 6.45) is 12.7. The van der Waals surface area contributed by atoms with Crippen LogP contribution in [0.3, 0.4) is 0 Å². The van der Waals surface area contributed by atoms with Gasteiger partial charge in [-0.25, -0.2) is 0 Å². The first-order valence-corrected chi connectivity index (χ1v) is 12.5. The average molecular weight is 382 g/mol. The molecule has 0 spiro atoms. The van der Waals surface area contributed by atoms with Gasteiger partial charge in [0.05, 0.1) is 0 Å². The first-order valence-electron chi connectivity index (χ1n) is 8.88. The first kappa shape index (κ1) is 23.7. The maximum Gasteiger partial charge on any atom is -0.0206 e. The van der Waals surface area contributed by atoms with Crippen molar-refractivity contribution in [3.63, 3.8) is 0 Å². The minimum Gasteiger partial charge on any atom is -0.132 e. The van der Waals surface area contributed by atoms with E-state index in [1.807, 2.05) is 0 Å². The molecule has 0 aliphatic rings. The highest BCUT2D eigenvalue weighted by molar-refractivity contribution is 7.57. The van der Waals surface area contributed by atoms with Crippen LogP contribution >= 0.6 is 35.6 Å². The van der Waals surface area contributed by atoms with Gasteiger partial charge in [-0.05, 0) is 72.5 Å². The summed E-state index contributed by atoms with van der Waals surface area (Å²) in [5, 5.41) is 1.27. The normalized spacial score (nSPS) is 13.9. The van der Waals surface area contributed by atoms with Crippen LogP contribution in [0.4, 0.5) is 0 Å². The van der Waals surface area contributed by atoms with Gasteiger partial charge in [0.15, 0.2) is 0 Å². The van der Waals surface area contributed by atoms with E-state index in [0.717, 1.165) is 0 Å². The summed E-state index contributed by atoms with van der Waals surface area (Å²) in [6, 6.07) is 0. The van der Waals surface area contributed by atoms with Gasteiger partial charge in [-0.15, -0.1) is 35.6 Å². The molecular weight excluding hydrogens is 340 g/mol. The van der Waals surface area contributed by atoms with E-state index >= 15 is 0 Å². The third-order valence-electron chi connectivity index (χ3n) is 3.89. The van der Waals surface area contributed by atoms with Crippen LogP contribution in [0.1, 0.15) is 80.1 Å². The zero-order chi connectivity index (χ0) is 17.4. The van der Waals surface area contributed by atoms with Crippen molar-refractivity contribution in [3.8, 4) is 0 Å². The second-order valence-corrected chi connectivity index (χ2v) is 16.5. The van der Waals surface area contributed by atoms with Gasteiger partial charge in [0.2, 0.25) is 0 Å². The van der Waals surface area contributed by atoms with Gasteiger partial charge in [0.25, 0.3) is 0 Å². The molecule has 0 radical (unpaired) electrons. The lowest BCUT2D eigenvalue weighted by molar-refractivity contribution is 0.616. The van der Waals surface area contributed by atoms with Gasteiger partial charge in [0, 0.05) is 0 Å². The molecule has 0 aromatic rings. The smallest absolute Gasteiger partial charge is 0.0206 e. The van der Waals surface area contributed by atoms with Crippen LogP contribution in [-0.4, -0.2) is 34.0 Å². The minimum absolute atomic E-state index is 0.252. The standard InChI is InChI=1S/C18H42P4/c1-16(2,19)10-7-13-22(14-8-11-17(3,4)20)15-9-12-18(5,6)21/h7-15,19-21H2,1-6H3. The van der Waals surface area contributed by atoms with E-state index in [-0.39, 0.29) is 7.92 Å². The van der Waals surface area contributed by atoms with Crippen LogP contribution in [0.5, 0.6) is 0 Å². The Morgan fingerprint density at radius 3 is 0.955 bits per heavy atom. The quantitative estimate of drug-likeness (QED) is 0.327. The summed E-state index contributed by atoms with van der Waals surface area (Å²) in [7, 11) is 9.27. The summed E-state index contributed by atoms with van der Waals surface area (Å²) < 4.78 is 0. The molecule has 0 heterocycles. The number of hydrogen-bond acceptors (Lipinski definition) is 0. The summed E-state index contributed by atoms with van der Waals surface area (Å²) in [5.74, 6) is 0. The summed E-state index contributed by atoms with van der Waals surface area (Å²) in [5.41, 5.74) is 0. The van der Waals surface area contributed by atoms with Gasteiger partial charge in [-0.2, -0.15) is 0 Å². The van der Waals surface area contributed by atoms with Crippen LogP contribution < -0.4 is 0 Å². The number of hydrogen-bond donors (Lipinski definition) is 0. The Balaban J connectivity index is 4.19. The van der Waals surface area contributed by atoms with Crippen molar-refractivity contribution in [1.29, 1.82) is 0 Å². The zero-order valence-electron chi connectivity index (χ0n) is 16.0. The van der Waals surface area contributed by atoms with Gasteiger partial charge < -0.3 is 0 Å². The van der Waals surface area contributed by atoms with Gasteiger partial charge >= 0.3 is 0 Å². The number of rotatable bonds is 12. The Morgan fingerprint density at radius 2 is 0.773 bits per heavy atom. The van der Waals surface area contributed by atoms with E-state index in [9.17, 15) is 0 Å². The van der Waals surface area contributed by atoms with Crippen molar-refractivity contribution in [2.45, 2.75) is 95.5 Å². The second-order valence-electron chi connectivity index (χ2n) is 9.12. The molecule has 4 heteroatoms. The summed E-state index contributed by atoms with van der Waals surface area (Å²) in [6.45, 7) is 14.0. The van der Waals surface area contributed by atoms with E-state index < -0.39 is 0 Å². The van der Waals surface area contributed by atoms with E-state index in [0.29, 0.717) is 15.5 Å². The van der Waals surface area contributed by atoms with Crippen LogP contribution in [-0.2, 0) is 0 Å². The maximum absolute atomic E-state index is 3.00. The third-order valence-corrected chi connectivity index (χ3v) is 7.60. The average Bonchev–Trinajstić information content (AvgIpc) is 2.23. The predicted molar refractivity (Wildman–Crippen MR) is 121 cm³/mol. The fraction of sp³-hybridized carbons (Fsp3) is 1.00. The first-order chi connectivity index (χ1) is 9.79. The van der Waals surface area contributed by atoms with E-state index in [1.165, 1.54) is 57.0 Å².